The Hall–Kier alpha value is -0.850. The maximum atomic E-state index is 11.8. The molecule has 6 heteroatoms. The molecule has 1 aliphatic carbocycles. The van der Waals surface area contributed by atoms with Gasteiger partial charge in [0.15, 0.2) is 0 Å². The Morgan fingerprint density at radius 2 is 2.05 bits per heavy atom. The molecule has 1 rings (SSSR count). The third kappa shape index (κ3) is 7.96. The van der Waals surface area contributed by atoms with E-state index in [1.807, 2.05) is 34.7 Å². The van der Waals surface area contributed by atoms with Crippen molar-refractivity contribution in [3.63, 3.8) is 0 Å². The van der Waals surface area contributed by atoms with Crippen LogP contribution in [0.25, 0.3) is 0 Å². The largest absolute Gasteiger partial charge is 0.444 e. The molecular weight excluding hydrogens is 282 g/mol. The van der Waals surface area contributed by atoms with Gasteiger partial charge >= 0.3 is 6.09 Å². The lowest BCUT2D eigenvalue weighted by Crippen LogP contribution is -2.53. The number of carbonyl (C=O) groups is 1. The minimum absolute atomic E-state index is 0.0528. The standard InChI is InChI=1S/C16H33N3O3/c1-12(18-15(20)22-16(2,3)4)14(10-17)19(5)8-9-21-11-13-6-7-13/h12-14H,6-11,17H2,1-5H3,(H,18,20). The smallest absolute Gasteiger partial charge is 0.407 e. The van der Waals surface area contributed by atoms with Crippen molar-refractivity contribution in [2.75, 3.05) is 33.4 Å². The number of rotatable bonds is 9. The fourth-order valence-corrected chi connectivity index (χ4v) is 2.26. The highest BCUT2D eigenvalue weighted by Gasteiger charge is 2.25. The van der Waals surface area contributed by atoms with Gasteiger partial charge in [-0.25, -0.2) is 4.79 Å². The number of amides is 1. The highest BCUT2D eigenvalue weighted by molar-refractivity contribution is 5.68. The fourth-order valence-electron chi connectivity index (χ4n) is 2.26. The van der Waals surface area contributed by atoms with Gasteiger partial charge < -0.3 is 20.5 Å². The first kappa shape index (κ1) is 19.2. The normalized spacial score (nSPS) is 18.1. The van der Waals surface area contributed by atoms with Gasteiger partial charge in [0.1, 0.15) is 5.60 Å². The lowest BCUT2D eigenvalue weighted by molar-refractivity contribution is 0.0460. The van der Waals surface area contributed by atoms with E-state index in [0.29, 0.717) is 13.2 Å². The molecule has 0 spiro atoms. The Morgan fingerprint density at radius 3 is 2.55 bits per heavy atom. The molecule has 1 saturated carbocycles. The molecule has 0 heterocycles. The number of alkyl carbamates (subject to hydrolysis) is 1. The van der Waals surface area contributed by atoms with Gasteiger partial charge in [-0.2, -0.15) is 0 Å². The van der Waals surface area contributed by atoms with Crippen molar-refractivity contribution in [1.29, 1.82) is 0 Å². The second-order valence-electron chi connectivity index (χ2n) is 7.24. The summed E-state index contributed by atoms with van der Waals surface area (Å²) in [6, 6.07) is -0.0367. The molecule has 2 atom stereocenters. The number of carbonyl (C=O) groups excluding carboxylic acids is 1. The summed E-state index contributed by atoms with van der Waals surface area (Å²) in [6.45, 7) is 10.3. The van der Waals surface area contributed by atoms with Crippen LogP contribution < -0.4 is 11.1 Å². The quantitative estimate of drug-likeness (QED) is 0.632. The first-order valence-corrected chi connectivity index (χ1v) is 8.20. The number of nitrogens with two attached hydrogens (primary N) is 1. The van der Waals surface area contributed by atoms with Gasteiger partial charge in [-0.05, 0) is 53.5 Å². The lowest BCUT2D eigenvalue weighted by atomic mass is 10.1. The molecule has 3 N–H and O–H groups in total. The molecule has 22 heavy (non-hydrogen) atoms. The summed E-state index contributed by atoms with van der Waals surface area (Å²) in [5, 5.41) is 2.86. The fraction of sp³-hybridized carbons (Fsp3) is 0.938. The Balaban J connectivity index is 2.31. The molecule has 0 saturated heterocycles. The molecule has 0 aliphatic heterocycles. The van der Waals surface area contributed by atoms with Crippen LogP contribution in [0, 0.1) is 5.92 Å². The van der Waals surface area contributed by atoms with Crippen molar-refractivity contribution in [3.05, 3.63) is 0 Å². The first-order chi connectivity index (χ1) is 10.2. The molecular formula is C16H33N3O3. The summed E-state index contributed by atoms with van der Waals surface area (Å²) in [4.78, 5) is 14.0. The molecule has 6 nitrogen and oxygen atoms in total. The maximum Gasteiger partial charge on any atom is 0.407 e. The second kappa shape index (κ2) is 8.70. The van der Waals surface area contributed by atoms with E-state index in [2.05, 4.69) is 10.2 Å². The van der Waals surface area contributed by atoms with Crippen molar-refractivity contribution >= 4 is 6.09 Å². The van der Waals surface area contributed by atoms with E-state index in [0.717, 1.165) is 19.1 Å². The molecule has 0 aromatic carbocycles. The Bertz CT molecular complexity index is 340. The Morgan fingerprint density at radius 1 is 1.41 bits per heavy atom. The topological polar surface area (TPSA) is 76.8 Å². The van der Waals surface area contributed by atoms with Crippen LogP contribution in [0.2, 0.25) is 0 Å². The first-order valence-electron chi connectivity index (χ1n) is 8.20. The van der Waals surface area contributed by atoms with E-state index < -0.39 is 11.7 Å². The van der Waals surface area contributed by atoms with Gasteiger partial charge in [0.25, 0.3) is 0 Å². The van der Waals surface area contributed by atoms with Gasteiger partial charge in [-0.15, -0.1) is 0 Å². The molecule has 2 unspecified atom stereocenters. The van der Waals surface area contributed by atoms with Gasteiger partial charge in [-0.1, -0.05) is 0 Å². The minimum atomic E-state index is -0.495. The van der Waals surface area contributed by atoms with Crippen molar-refractivity contribution in [2.24, 2.45) is 11.7 Å². The van der Waals surface area contributed by atoms with E-state index >= 15 is 0 Å². The second-order valence-corrected chi connectivity index (χ2v) is 7.24. The lowest BCUT2D eigenvalue weighted by Gasteiger charge is -2.32. The third-order valence-electron chi connectivity index (χ3n) is 3.77. The van der Waals surface area contributed by atoms with Crippen LogP contribution in [0.1, 0.15) is 40.5 Å². The van der Waals surface area contributed by atoms with Crippen molar-refractivity contribution < 1.29 is 14.3 Å². The number of hydrogen-bond acceptors (Lipinski definition) is 5. The van der Waals surface area contributed by atoms with Gasteiger partial charge in [-0.3, -0.25) is 4.90 Å². The van der Waals surface area contributed by atoms with Crippen LogP contribution in [-0.4, -0.2) is 62.0 Å². The molecule has 0 radical (unpaired) electrons. The predicted molar refractivity (Wildman–Crippen MR) is 87.8 cm³/mol. The van der Waals surface area contributed by atoms with Crippen LogP contribution in [0.5, 0.6) is 0 Å². The van der Waals surface area contributed by atoms with Crippen LogP contribution in [0.3, 0.4) is 0 Å². The number of ether oxygens (including phenoxy) is 2. The van der Waals surface area contributed by atoms with Gasteiger partial charge in [0.05, 0.1) is 6.61 Å². The molecule has 1 fully saturated rings. The predicted octanol–water partition coefficient (Wildman–Crippen LogP) is 1.59. The monoisotopic (exact) mass is 315 g/mol. The Kier molecular flexibility index (Phi) is 7.59. The zero-order valence-electron chi connectivity index (χ0n) is 14.7. The van der Waals surface area contributed by atoms with Gasteiger partial charge in [0.2, 0.25) is 0 Å². The molecule has 0 aromatic rings. The highest BCUT2D eigenvalue weighted by Crippen LogP contribution is 2.28. The zero-order valence-corrected chi connectivity index (χ0v) is 14.7. The van der Waals surface area contributed by atoms with Crippen molar-refractivity contribution in [1.82, 2.24) is 10.2 Å². The van der Waals surface area contributed by atoms with Crippen LogP contribution in [-0.2, 0) is 9.47 Å². The number of hydrogen-bond donors (Lipinski definition) is 2. The van der Waals surface area contributed by atoms with Crippen LogP contribution >= 0.6 is 0 Å². The molecule has 1 aliphatic rings. The molecule has 1 amide bonds. The summed E-state index contributed by atoms with van der Waals surface area (Å²) in [7, 11) is 2.01. The number of nitrogens with zero attached hydrogens (tertiary/aromatic N) is 1. The zero-order chi connectivity index (χ0) is 16.8. The summed E-state index contributed by atoms with van der Waals surface area (Å²) < 4.78 is 10.9. The van der Waals surface area contributed by atoms with Crippen LogP contribution in [0.15, 0.2) is 0 Å². The number of nitrogens with one attached hydrogen (secondary N) is 1. The average Bonchev–Trinajstić information content (AvgIpc) is 3.16. The summed E-state index contributed by atoms with van der Waals surface area (Å²) in [6.07, 6.45) is 2.20. The van der Waals surface area contributed by atoms with E-state index in [1.165, 1.54) is 12.8 Å². The third-order valence-corrected chi connectivity index (χ3v) is 3.77. The van der Waals surface area contributed by atoms with Crippen LogP contribution in [0.4, 0.5) is 4.79 Å². The van der Waals surface area contributed by atoms with Gasteiger partial charge in [0, 0.05) is 31.8 Å². The summed E-state index contributed by atoms with van der Waals surface area (Å²) in [5.41, 5.74) is 5.37. The van der Waals surface area contributed by atoms with E-state index in [4.69, 9.17) is 15.2 Å². The van der Waals surface area contributed by atoms with E-state index in [9.17, 15) is 4.79 Å². The van der Waals surface area contributed by atoms with Crippen molar-refractivity contribution in [2.45, 2.75) is 58.2 Å². The SMILES string of the molecule is CC(NC(=O)OC(C)(C)C)C(CN)N(C)CCOCC1CC1. The number of likely N-dealkylation sites (N-methyl/N-ethyl adjacent to an activating group) is 1. The van der Waals surface area contributed by atoms with Crippen molar-refractivity contribution in [3.8, 4) is 0 Å². The minimum Gasteiger partial charge on any atom is -0.444 e. The Labute approximate surface area is 134 Å². The summed E-state index contributed by atoms with van der Waals surface area (Å²) >= 11 is 0. The molecule has 0 aromatic heterocycles. The van der Waals surface area contributed by atoms with E-state index in [1.54, 1.807) is 0 Å². The highest BCUT2D eigenvalue weighted by atomic mass is 16.6. The summed E-state index contributed by atoms with van der Waals surface area (Å²) in [5.74, 6) is 0.781. The molecule has 130 valence electrons. The maximum absolute atomic E-state index is 11.8. The van der Waals surface area contributed by atoms with E-state index in [-0.39, 0.29) is 12.1 Å². The average molecular weight is 315 g/mol. The molecule has 0 bridgehead atoms.